The minimum atomic E-state index is -0.323. The quantitative estimate of drug-likeness (QED) is 0.0357. The van der Waals surface area contributed by atoms with E-state index in [1.54, 1.807) is 0 Å². The standard InChI is InChI=1S/C36H70O3.Li.H/c1-3-5-7-9-11-13-15-17-19-21-23-25-27-29-31-33-35(37)39-36(38)34-32-30-28-26-24-22-20-18-16-14-12-10-8-6-4-2;;/h3-34H2,1-2H3;;/q;+1;-1. The van der Waals surface area contributed by atoms with Crippen LogP contribution in [0.4, 0.5) is 0 Å². The molecule has 0 rings (SSSR count). The summed E-state index contributed by atoms with van der Waals surface area (Å²) in [5.74, 6) is -0.647. The summed E-state index contributed by atoms with van der Waals surface area (Å²) in [7, 11) is 0. The van der Waals surface area contributed by atoms with Crippen LogP contribution in [-0.4, -0.2) is 11.9 Å². The molecule has 0 saturated carbocycles. The third-order valence-corrected chi connectivity index (χ3v) is 8.20. The van der Waals surface area contributed by atoms with Crippen molar-refractivity contribution in [3.05, 3.63) is 0 Å². The molecule has 0 heterocycles. The summed E-state index contributed by atoms with van der Waals surface area (Å²) in [5.41, 5.74) is 0. The zero-order valence-corrected chi connectivity index (χ0v) is 27.9. The summed E-state index contributed by atoms with van der Waals surface area (Å²) in [6.07, 6.45) is 40.1. The number of esters is 2. The molecule has 0 fully saturated rings. The number of unbranched alkanes of at least 4 members (excludes halogenated alkanes) is 28. The molecule has 0 spiro atoms. The van der Waals surface area contributed by atoms with Crippen LogP contribution in [0, 0.1) is 0 Å². The van der Waals surface area contributed by atoms with Gasteiger partial charge in [0.05, 0.1) is 0 Å². The van der Waals surface area contributed by atoms with Gasteiger partial charge in [0, 0.05) is 12.8 Å². The van der Waals surface area contributed by atoms with Crippen LogP contribution in [-0.2, 0) is 14.3 Å². The molecule has 40 heavy (non-hydrogen) atoms. The fourth-order valence-electron chi connectivity index (χ4n) is 5.51. The first kappa shape index (κ1) is 41.9. The molecule has 0 unspecified atom stereocenters. The molecule has 0 aliphatic carbocycles. The van der Waals surface area contributed by atoms with E-state index in [0.29, 0.717) is 12.8 Å². The first-order valence-electron chi connectivity index (χ1n) is 17.9. The van der Waals surface area contributed by atoms with Crippen LogP contribution in [0.2, 0.25) is 0 Å². The molecule has 0 bridgehead atoms. The number of carbonyl (C=O) groups excluding carboxylic acids is 2. The van der Waals surface area contributed by atoms with E-state index in [4.69, 9.17) is 4.74 Å². The first-order chi connectivity index (χ1) is 19.2. The Bertz CT molecular complexity index is 471. The van der Waals surface area contributed by atoms with Gasteiger partial charge in [-0.3, -0.25) is 9.59 Å². The van der Waals surface area contributed by atoms with Crippen LogP contribution in [0.5, 0.6) is 0 Å². The minimum Gasteiger partial charge on any atom is -1.00 e. The predicted octanol–water partition coefficient (Wildman–Crippen LogP) is 9.70. The predicted molar refractivity (Wildman–Crippen MR) is 171 cm³/mol. The molecular formula is C36H71LiO3. The maximum Gasteiger partial charge on any atom is 1.00 e. The van der Waals surface area contributed by atoms with Gasteiger partial charge in [-0.2, -0.15) is 0 Å². The molecule has 0 aliphatic heterocycles. The van der Waals surface area contributed by atoms with E-state index in [-0.39, 0.29) is 32.2 Å². The third-order valence-electron chi connectivity index (χ3n) is 8.20. The van der Waals surface area contributed by atoms with Gasteiger partial charge in [-0.05, 0) is 12.8 Å². The fraction of sp³-hybridized carbons (Fsp3) is 0.944. The second-order valence-corrected chi connectivity index (χ2v) is 12.2. The van der Waals surface area contributed by atoms with Crippen LogP contribution >= 0.6 is 0 Å². The van der Waals surface area contributed by atoms with Gasteiger partial charge in [0.2, 0.25) is 0 Å². The molecule has 3 nitrogen and oxygen atoms in total. The Hall–Kier alpha value is -0.263. The maximum atomic E-state index is 11.9. The van der Waals surface area contributed by atoms with Gasteiger partial charge in [-0.1, -0.05) is 194 Å². The van der Waals surface area contributed by atoms with Gasteiger partial charge in [0.1, 0.15) is 0 Å². The summed E-state index contributed by atoms with van der Waals surface area (Å²) >= 11 is 0. The van der Waals surface area contributed by atoms with E-state index >= 15 is 0 Å². The molecule has 0 atom stereocenters. The van der Waals surface area contributed by atoms with Gasteiger partial charge in [-0.15, -0.1) is 0 Å². The van der Waals surface area contributed by atoms with Crippen LogP contribution in [0.25, 0.3) is 0 Å². The SMILES string of the molecule is CCCCCCCCCCCCCCCCCC(=O)OC(=O)CCCCCCCCCCCCCCCCC.[H-].[Li+]. The molecule has 0 aromatic rings. The Balaban J connectivity index is -0.00000722. The largest absolute Gasteiger partial charge is 1.00 e. The number of hydrogen-bond donors (Lipinski definition) is 0. The van der Waals surface area contributed by atoms with E-state index in [1.807, 2.05) is 0 Å². The zero-order chi connectivity index (χ0) is 28.5. The monoisotopic (exact) mass is 559 g/mol. The summed E-state index contributed by atoms with van der Waals surface area (Å²) in [6, 6.07) is 0. The Kier molecular flexibility index (Phi) is 38.5. The van der Waals surface area contributed by atoms with Crippen LogP contribution in [0.1, 0.15) is 221 Å². The average Bonchev–Trinajstić information content (AvgIpc) is 2.93. The van der Waals surface area contributed by atoms with Gasteiger partial charge >= 0.3 is 30.8 Å². The maximum absolute atomic E-state index is 11.9. The van der Waals surface area contributed by atoms with E-state index in [2.05, 4.69) is 13.8 Å². The van der Waals surface area contributed by atoms with E-state index < -0.39 is 0 Å². The number of rotatable bonds is 32. The molecule has 0 saturated heterocycles. The molecule has 0 N–H and O–H groups in total. The summed E-state index contributed by atoms with van der Waals surface area (Å²) in [5, 5.41) is 0. The fourth-order valence-corrected chi connectivity index (χ4v) is 5.51. The van der Waals surface area contributed by atoms with Crippen molar-refractivity contribution in [2.24, 2.45) is 0 Å². The molecule has 0 amide bonds. The smallest absolute Gasteiger partial charge is 1.00 e. The normalized spacial score (nSPS) is 10.9. The summed E-state index contributed by atoms with van der Waals surface area (Å²) < 4.78 is 5.01. The van der Waals surface area contributed by atoms with Crippen LogP contribution < -0.4 is 18.9 Å². The molecule has 0 aliphatic rings. The van der Waals surface area contributed by atoms with Gasteiger partial charge in [-0.25, -0.2) is 0 Å². The minimum absolute atomic E-state index is 0. The molecule has 234 valence electrons. The van der Waals surface area contributed by atoms with E-state index in [1.165, 1.54) is 167 Å². The van der Waals surface area contributed by atoms with Crippen molar-refractivity contribution in [2.45, 2.75) is 219 Å². The van der Waals surface area contributed by atoms with Crippen molar-refractivity contribution in [3.63, 3.8) is 0 Å². The first-order valence-corrected chi connectivity index (χ1v) is 17.9. The third kappa shape index (κ3) is 35.8. The van der Waals surface area contributed by atoms with Crippen molar-refractivity contribution >= 4 is 11.9 Å². The Labute approximate surface area is 265 Å². The van der Waals surface area contributed by atoms with Crippen molar-refractivity contribution in [3.8, 4) is 0 Å². The Morgan fingerprint density at radius 3 is 0.725 bits per heavy atom. The van der Waals surface area contributed by atoms with Gasteiger partial charge in [0.15, 0.2) is 0 Å². The number of ether oxygens (including phenoxy) is 1. The molecule has 0 aromatic carbocycles. The molecule has 4 heteroatoms. The van der Waals surface area contributed by atoms with Gasteiger partial charge in [0.25, 0.3) is 0 Å². The second kappa shape index (κ2) is 36.8. The molecular weight excluding hydrogens is 487 g/mol. The topological polar surface area (TPSA) is 43.4 Å². The zero-order valence-electron chi connectivity index (χ0n) is 28.9. The summed E-state index contributed by atoms with van der Waals surface area (Å²) in [4.78, 5) is 23.8. The number of carbonyl (C=O) groups is 2. The Morgan fingerprint density at radius 1 is 0.350 bits per heavy atom. The van der Waals surface area contributed by atoms with E-state index in [9.17, 15) is 9.59 Å². The van der Waals surface area contributed by atoms with E-state index in [0.717, 1.165) is 25.7 Å². The van der Waals surface area contributed by atoms with Crippen molar-refractivity contribution in [2.75, 3.05) is 0 Å². The van der Waals surface area contributed by atoms with Crippen LogP contribution in [0.15, 0.2) is 0 Å². The summed E-state index contributed by atoms with van der Waals surface area (Å²) in [6.45, 7) is 4.55. The van der Waals surface area contributed by atoms with Crippen LogP contribution in [0.3, 0.4) is 0 Å². The Morgan fingerprint density at radius 2 is 0.525 bits per heavy atom. The van der Waals surface area contributed by atoms with Crippen molar-refractivity contribution in [1.82, 2.24) is 0 Å². The van der Waals surface area contributed by atoms with Gasteiger partial charge < -0.3 is 6.16 Å². The molecule has 0 radical (unpaired) electrons. The second-order valence-electron chi connectivity index (χ2n) is 12.2. The average molecular weight is 559 g/mol. The van der Waals surface area contributed by atoms with Crippen molar-refractivity contribution < 1.29 is 34.6 Å². The molecule has 0 aromatic heterocycles. The van der Waals surface area contributed by atoms with Crippen molar-refractivity contribution in [1.29, 1.82) is 0 Å². The number of hydrogen-bond acceptors (Lipinski definition) is 3.